The molecule has 96 heavy (non-hydrogen) atoms. The molecule has 0 saturated heterocycles. The summed E-state index contributed by atoms with van der Waals surface area (Å²) < 4.78 is 7.47. The van der Waals surface area contributed by atoms with Crippen molar-refractivity contribution in [2.24, 2.45) is 28.2 Å². The van der Waals surface area contributed by atoms with Crippen LogP contribution in [-0.4, -0.2) is 108 Å². The molecule has 9 heterocycles. The van der Waals surface area contributed by atoms with Gasteiger partial charge in [0, 0.05) is 171 Å². The second-order valence-corrected chi connectivity index (χ2v) is 23.3. The fraction of sp³-hybridized carbons (Fsp3) is 0.167. The molecule has 24 nitrogen and oxygen atoms in total. The van der Waals surface area contributed by atoms with Crippen molar-refractivity contribution in [3.8, 4) is 44.5 Å². The molecule has 8 amide bonds. The third-order valence-electron chi connectivity index (χ3n) is 16.2. The zero-order valence-electron chi connectivity index (χ0n) is 53.2. The predicted octanol–water partition coefficient (Wildman–Crippen LogP) is 11.7. The number of nitrogens with one attached hydrogen (secondary N) is 10. The fourth-order valence-corrected chi connectivity index (χ4v) is 11.8. The van der Waals surface area contributed by atoms with Crippen LogP contribution >= 0.6 is 0 Å². The second kappa shape index (κ2) is 28.1. The molecule has 0 radical (unpaired) electrons. The molecule has 0 aliphatic carbocycles. The van der Waals surface area contributed by atoms with Crippen LogP contribution in [0.2, 0.25) is 0 Å². The average molecular weight is 1280 g/mol. The van der Waals surface area contributed by atoms with E-state index in [1.165, 1.54) is 0 Å². The number of nitrogens with zero attached hydrogens (tertiary/aromatic N) is 10. The molecule has 8 bridgehead atoms. The van der Waals surface area contributed by atoms with Crippen molar-refractivity contribution in [2.45, 2.75) is 25.7 Å². The number of imidazole rings is 4. The molecular weight excluding hydrogens is 1210 g/mol. The maximum Gasteiger partial charge on any atom is 0.319 e. The zero-order valence-corrected chi connectivity index (χ0v) is 53.2. The minimum atomic E-state index is -0.411. The van der Waals surface area contributed by atoms with E-state index in [1.807, 2.05) is 217 Å². The molecule has 0 spiro atoms. The van der Waals surface area contributed by atoms with Crippen LogP contribution in [0.1, 0.15) is 45.6 Å². The van der Waals surface area contributed by atoms with Gasteiger partial charge in [0.25, 0.3) is 0 Å². The lowest BCUT2D eigenvalue weighted by Crippen LogP contribution is -2.30. The van der Waals surface area contributed by atoms with Crippen molar-refractivity contribution in [3.63, 3.8) is 0 Å². The third-order valence-corrected chi connectivity index (χ3v) is 16.2. The maximum atomic E-state index is 14.0. The van der Waals surface area contributed by atoms with Crippen molar-refractivity contribution in [2.75, 3.05) is 47.4 Å². The first kappa shape index (κ1) is 62.2. The first-order chi connectivity index (χ1) is 46.8. The van der Waals surface area contributed by atoms with Crippen LogP contribution in [0, 0.1) is 0 Å². The number of hydrogen-bond acceptors (Lipinski definition) is 10. The van der Waals surface area contributed by atoms with Gasteiger partial charge in [0.2, 0.25) is 0 Å². The summed E-state index contributed by atoms with van der Waals surface area (Å²) >= 11 is 0. The number of carbonyl (C=O) groups excluding carboxylic acids is 4. The summed E-state index contributed by atoms with van der Waals surface area (Å²) in [7, 11) is 7.61. The Hall–Kier alpha value is -12.6. The largest absolute Gasteiger partial charge is 0.354 e. The lowest BCUT2D eigenvalue weighted by Gasteiger charge is -2.14. The average Bonchev–Trinajstić information content (AvgIpc) is 1.59. The third kappa shape index (κ3) is 14.4. The monoisotopic (exact) mass is 1280 g/mol. The number of anilines is 4. The Morgan fingerprint density at radius 3 is 0.781 bits per heavy atom. The summed E-state index contributed by atoms with van der Waals surface area (Å²) in [5.74, 6) is 0. The van der Waals surface area contributed by atoms with Crippen molar-refractivity contribution in [1.82, 2.24) is 79.4 Å². The summed E-state index contributed by atoms with van der Waals surface area (Å²) in [6, 6.07) is 36.5. The van der Waals surface area contributed by atoms with E-state index in [2.05, 4.69) is 72.4 Å². The van der Waals surface area contributed by atoms with Gasteiger partial charge in [-0.3, -0.25) is 0 Å². The molecule has 7 aromatic heterocycles. The van der Waals surface area contributed by atoms with Gasteiger partial charge in [-0.1, -0.05) is 72.8 Å². The highest BCUT2D eigenvalue weighted by molar-refractivity contribution is 6.07. The molecule has 2 aliphatic heterocycles. The van der Waals surface area contributed by atoms with E-state index in [1.54, 1.807) is 25.3 Å². The Morgan fingerprint density at radius 2 is 0.562 bits per heavy atom. The normalized spacial score (nSPS) is 11.5. The molecule has 2 aliphatic rings. The fourth-order valence-electron chi connectivity index (χ4n) is 11.8. The highest BCUT2D eigenvalue weighted by Crippen LogP contribution is 2.43. The highest BCUT2D eigenvalue weighted by Gasteiger charge is 2.24. The molecule has 24 heteroatoms. The van der Waals surface area contributed by atoms with E-state index in [9.17, 15) is 19.2 Å². The van der Waals surface area contributed by atoms with Gasteiger partial charge in [0.1, 0.15) is 0 Å². The van der Waals surface area contributed by atoms with E-state index in [0.717, 1.165) is 22.8 Å². The van der Waals surface area contributed by atoms with Crippen LogP contribution in [0.5, 0.6) is 0 Å². The SMILES string of the molecule is Cn1cnc(CCNC(=O)Nc2ccccc2-c2c3nc(c(-c4ccccc4NC(=O)NCCc4cn(C)cn4)c4ccc([nH]4)c(-c4ccccc4NC(=O)NCCc4cn(C)cn4)c4nc(c(-c5ccccc5NC(=O)NCCc5cn(C)cn5)c5ccc2[nH]5)C=C4)C=C3)c1. The quantitative estimate of drug-likeness (QED) is 0.0344. The lowest BCUT2D eigenvalue weighted by molar-refractivity contribution is 0.251. The standard InChI is InChI=1S/C72H70N20O4/c1-89-37-45(77-41-89)29-33-73-69(93)85-53-17-9-5-13-49(53)65-57-21-23-59(81-57)66(50-14-6-10-18-54(50)86-70(94)74-34-30-46-38-90(2)42-78-46)61-25-27-63(83-61)68(52-16-8-12-20-56(52)88-72(96)76-36-32-48-40-92(4)44-80-48)64-28-26-62(84-64)67(60-24-22-58(65)82-60)51-15-7-11-19-55(51)87-71(95)75-35-31-47-39-91(3)43-79-47/h5-28,37-44,81,84H,29-36H2,1-4H3,(H2,73,85,93)(H2,74,86,94)(H2,75,87,95)(H2,76,88,96). The van der Waals surface area contributed by atoms with Gasteiger partial charge in [-0.05, 0) is 72.8 Å². The number of rotatable bonds is 20. The van der Waals surface area contributed by atoms with Crippen LogP contribution in [-0.2, 0) is 53.9 Å². The minimum absolute atomic E-state index is 0.338. The molecular formula is C72H70N20O4. The Bertz CT molecular complexity index is 4370. The number of aromatic nitrogens is 12. The van der Waals surface area contributed by atoms with Crippen molar-refractivity contribution in [1.29, 1.82) is 0 Å². The molecule has 10 N–H and O–H groups in total. The van der Waals surface area contributed by atoms with E-state index in [4.69, 9.17) is 9.97 Å². The molecule has 0 atom stereocenters. The van der Waals surface area contributed by atoms with Crippen molar-refractivity contribution < 1.29 is 19.2 Å². The summed E-state index contributed by atoms with van der Waals surface area (Å²) in [5, 5.41) is 24.6. The van der Waals surface area contributed by atoms with Crippen molar-refractivity contribution in [3.05, 3.63) is 217 Å². The molecule has 4 aromatic carbocycles. The topological polar surface area (TPSA) is 293 Å². The van der Waals surface area contributed by atoms with E-state index in [0.29, 0.717) is 164 Å². The summed E-state index contributed by atoms with van der Waals surface area (Å²) in [6.45, 7) is 1.35. The maximum absolute atomic E-state index is 14.0. The van der Waals surface area contributed by atoms with Crippen LogP contribution in [0.4, 0.5) is 41.9 Å². The molecule has 11 aromatic rings. The van der Waals surface area contributed by atoms with Gasteiger partial charge in [-0.2, -0.15) is 0 Å². The van der Waals surface area contributed by atoms with Gasteiger partial charge in [0.15, 0.2) is 0 Å². The van der Waals surface area contributed by atoms with Crippen LogP contribution < -0.4 is 42.5 Å². The molecule has 0 unspecified atom stereocenters. The number of aromatic amines is 2. The molecule has 0 saturated carbocycles. The first-order valence-corrected chi connectivity index (χ1v) is 31.4. The predicted molar refractivity (Wildman–Crippen MR) is 376 cm³/mol. The Kier molecular flexibility index (Phi) is 18.2. The Labute approximate surface area is 552 Å². The number of carbonyl (C=O) groups is 4. The Balaban J connectivity index is 1.00. The van der Waals surface area contributed by atoms with Gasteiger partial charge in [0.05, 0.1) is 93.6 Å². The summed E-state index contributed by atoms with van der Waals surface area (Å²) in [6.07, 6.45) is 24.5. The number of hydrogen-bond donors (Lipinski definition) is 10. The van der Waals surface area contributed by atoms with Gasteiger partial charge in [-0.25, -0.2) is 49.1 Å². The number of benzene rings is 4. The molecule has 0 fully saturated rings. The van der Waals surface area contributed by atoms with E-state index >= 15 is 0 Å². The van der Waals surface area contributed by atoms with E-state index < -0.39 is 24.1 Å². The zero-order chi connectivity index (χ0) is 66.1. The van der Waals surface area contributed by atoms with E-state index in [-0.39, 0.29) is 0 Å². The number of urea groups is 4. The first-order valence-electron chi connectivity index (χ1n) is 31.4. The number of H-pyrrole nitrogens is 2. The van der Waals surface area contributed by atoms with Gasteiger partial charge >= 0.3 is 24.1 Å². The number of amides is 8. The van der Waals surface area contributed by atoms with Gasteiger partial charge < -0.3 is 70.8 Å². The number of aryl methyl sites for hydroxylation is 4. The van der Waals surface area contributed by atoms with Crippen LogP contribution in [0.25, 0.3) is 90.9 Å². The second-order valence-electron chi connectivity index (χ2n) is 23.3. The highest BCUT2D eigenvalue weighted by atomic mass is 16.2. The Morgan fingerprint density at radius 1 is 0.333 bits per heavy atom. The van der Waals surface area contributed by atoms with Crippen LogP contribution in [0.15, 0.2) is 171 Å². The smallest absolute Gasteiger partial charge is 0.319 e. The summed E-state index contributed by atoms with van der Waals surface area (Å²) in [5.41, 5.74) is 15.3. The van der Waals surface area contributed by atoms with Crippen LogP contribution in [0.3, 0.4) is 0 Å². The molecule has 482 valence electrons. The molecule has 13 rings (SSSR count). The summed E-state index contributed by atoms with van der Waals surface area (Å²) in [4.78, 5) is 92.3. The minimum Gasteiger partial charge on any atom is -0.354 e. The number of para-hydroxylation sites is 4. The van der Waals surface area contributed by atoms with Crippen molar-refractivity contribution >= 4 is 93.2 Å². The lowest BCUT2D eigenvalue weighted by atomic mass is 10.0. The van der Waals surface area contributed by atoms with Gasteiger partial charge in [-0.15, -0.1) is 0 Å². The number of fused-ring (bicyclic) bond motifs is 8.